The second-order valence-corrected chi connectivity index (χ2v) is 6.17. The molecule has 1 aromatic heterocycles. The van der Waals surface area contributed by atoms with Crippen LogP contribution in [0.3, 0.4) is 0 Å². The minimum atomic E-state index is -0.439. The van der Waals surface area contributed by atoms with Crippen LogP contribution in [0.15, 0.2) is 28.6 Å². The van der Waals surface area contributed by atoms with Gasteiger partial charge in [-0.15, -0.1) is 10.2 Å². The van der Waals surface area contributed by atoms with Crippen molar-refractivity contribution in [1.29, 1.82) is 0 Å². The molecular weight excluding hydrogens is 312 g/mol. The van der Waals surface area contributed by atoms with Gasteiger partial charge in [0.05, 0.1) is 17.6 Å². The maximum Gasteiger partial charge on any atom is 0.273 e. The molecular formula is C12H14N4O3S2. The Morgan fingerprint density at radius 3 is 3.10 bits per heavy atom. The highest BCUT2D eigenvalue weighted by molar-refractivity contribution is 8.01. The monoisotopic (exact) mass is 326 g/mol. The van der Waals surface area contributed by atoms with E-state index in [9.17, 15) is 10.1 Å². The zero-order chi connectivity index (χ0) is 15.1. The number of nitrogens with one attached hydrogen (secondary N) is 1. The third-order valence-electron chi connectivity index (χ3n) is 2.34. The van der Waals surface area contributed by atoms with Crippen molar-refractivity contribution in [3.63, 3.8) is 0 Å². The minimum absolute atomic E-state index is 0.0274. The number of aromatic nitrogens is 2. The van der Waals surface area contributed by atoms with Gasteiger partial charge >= 0.3 is 0 Å². The van der Waals surface area contributed by atoms with Crippen LogP contribution >= 0.6 is 23.1 Å². The highest BCUT2D eigenvalue weighted by Gasteiger charge is 2.07. The smallest absolute Gasteiger partial charge is 0.273 e. The van der Waals surface area contributed by atoms with Gasteiger partial charge in [-0.1, -0.05) is 29.2 Å². The van der Waals surface area contributed by atoms with E-state index in [0.717, 1.165) is 16.0 Å². The Kier molecular flexibility index (Phi) is 5.76. The number of rotatable bonds is 8. The summed E-state index contributed by atoms with van der Waals surface area (Å²) in [6.45, 7) is 3.26. The van der Waals surface area contributed by atoms with Crippen LogP contribution in [0.4, 0.5) is 10.8 Å². The number of nitro benzene ring substituents is 1. The third kappa shape index (κ3) is 4.87. The van der Waals surface area contributed by atoms with E-state index >= 15 is 0 Å². The predicted molar refractivity (Wildman–Crippen MR) is 83.4 cm³/mol. The molecule has 0 aliphatic rings. The summed E-state index contributed by atoms with van der Waals surface area (Å²) in [5, 5.41) is 22.6. The van der Waals surface area contributed by atoms with Gasteiger partial charge in [0.2, 0.25) is 5.13 Å². The van der Waals surface area contributed by atoms with Gasteiger partial charge in [-0.05, 0) is 13.0 Å². The van der Waals surface area contributed by atoms with Crippen molar-refractivity contribution in [3.8, 4) is 5.75 Å². The number of hydrogen-bond donors (Lipinski definition) is 1. The van der Waals surface area contributed by atoms with Crippen molar-refractivity contribution in [2.24, 2.45) is 0 Å². The van der Waals surface area contributed by atoms with Gasteiger partial charge in [0.15, 0.2) is 4.34 Å². The molecule has 2 rings (SSSR count). The molecule has 1 N–H and O–H groups in total. The Morgan fingerprint density at radius 2 is 2.33 bits per heavy atom. The Hall–Kier alpha value is -1.87. The lowest BCUT2D eigenvalue weighted by atomic mass is 10.3. The standard InChI is InChI=1S/C12H14N4O3S2/c1-2-13-11-14-15-12(21-11)20-7-6-19-10-5-3-4-9(8-10)16(17)18/h3-5,8H,2,6-7H2,1H3,(H,13,14). The van der Waals surface area contributed by atoms with E-state index in [1.165, 1.54) is 23.5 Å². The van der Waals surface area contributed by atoms with Crippen LogP contribution in [-0.2, 0) is 0 Å². The Balaban J connectivity index is 1.76. The lowest BCUT2D eigenvalue weighted by Crippen LogP contribution is -2.00. The van der Waals surface area contributed by atoms with Gasteiger partial charge in [-0.2, -0.15) is 0 Å². The fourth-order valence-corrected chi connectivity index (χ4v) is 3.17. The molecule has 9 heteroatoms. The number of nitro groups is 1. The number of nitrogens with zero attached hydrogens (tertiary/aromatic N) is 3. The topological polar surface area (TPSA) is 90.2 Å². The van der Waals surface area contributed by atoms with E-state index in [1.807, 2.05) is 6.92 Å². The van der Waals surface area contributed by atoms with Crippen LogP contribution in [0.5, 0.6) is 5.75 Å². The average Bonchev–Trinajstić information content (AvgIpc) is 2.92. The van der Waals surface area contributed by atoms with E-state index < -0.39 is 4.92 Å². The number of anilines is 1. The molecule has 0 aliphatic carbocycles. The second-order valence-electron chi connectivity index (χ2n) is 3.85. The molecule has 0 spiro atoms. The summed E-state index contributed by atoms with van der Waals surface area (Å²) < 4.78 is 6.36. The fraction of sp³-hybridized carbons (Fsp3) is 0.333. The Bertz CT molecular complexity index is 606. The van der Waals surface area contributed by atoms with Crippen LogP contribution < -0.4 is 10.1 Å². The van der Waals surface area contributed by atoms with E-state index in [0.29, 0.717) is 18.1 Å². The molecule has 1 heterocycles. The summed E-state index contributed by atoms with van der Waals surface area (Å²) >= 11 is 3.04. The highest BCUT2D eigenvalue weighted by Crippen LogP contribution is 2.25. The largest absolute Gasteiger partial charge is 0.492 e. The number of hydrogen-bond acceptors (Lipinski definition) is 8. The van der Waals surface area contributed by atoms with Crippen molar-refractivity contribution < 1.29 is 9.66 Å². The van der Waals surface area contributed by atoms with Crippen molar-refractivity contribution in [3.05, 3.63) is 34.4 Å². The first-order chi connectivity index (χ1) is 10.2. The summed E-state index contributed by atoms with van der Waals surface area (Å²) in [5.41, 5.74) is 0.0274. The molecule has 0 aliphatic heterocycles. The average molecular weight is 326 g/mol. The molecule has 0 atom stereocenters. The molecule has 0 saturated carbocycles. The van der Waals surface area contributed by atoms with E-state index in [1.54, 1.807) is 23.9 Å². The molecule has 1 aromatic carbocycles. The van der Waals surface area contributed by atoms with Gasteiger partial charge in [0.25, 0.3) is 5.69 Å². The van der Waals surface area contributed by atoms with Crippen LogP contribution in [0.25, 0.3) is 0 Å². The third-order valence-corrected chi connectivity index (χ3v) is 4.32. The summed E-state index contributed by atoms with van der Waals surface area (Å²) in [6.07, 6.45) is 0. The van der Waals surface area contributed by atoms with Gasteiger partial charge in [0, 0.05) is 18.4 Å². The van der Waals surface area contributed by atoms with Crippen molar-refractivity contribution in [2.45, 2.75) is 11.3 Å². The van der Waals surface area contributed by atoms with E-state index in [-0.39, 0.29) is 5.69 Å². The summed E-state index contributed by atoms with van der Waals surface area (Å²) in [7, 11) is 0. The minimum Gasteiger partial charge on any atom is -0.492 e. The second kappa shape index (κ2) is 7.79. The first-order valence-corrected chi connectivity index (χ1v) is 8.06. The number of ether oxygens (including phenoxy) is 1. The summed E-state index contributed by atoms with van der Waals surface area (Å²) in [5.74, 6) is 1.19. The Morgan fingerprint density at radius 1 is 1.48 bits per heavy atom. The fourth-order valence-electron chi connectivity index (χ4n) is 1.47. The van der Waals surface area contributed by atoms with Gasteiger partial charge < -0.3 is 10.1 Å². The maximum atomic E-state index is 10.6. The molecule has 0 amide bonds. The molecule has 0 fully saturated rings. The molecule has 0 unspecified atom stereocenters. The normalized spacial score (nSPS) is 10.3. The first kappa shape index (κ1) is 15.5. The van der Waals surface area contributed by atoms with Crippen LogP contribution in [-0.4, -0.2) is 34.0 Å². The van der Waals surface area contributed by atoms with E-state index in [4.69, 9.17) is 4.74 Å². The van der Waals surface area contributed by atoms with Crippen molar-refractivity contribution in [1.82, 2.24) is 10.2 Å². The van der Waals surface area contributed by atoms with Gasteiger partial charge in [0.1, 0.15) is 5.75 Å². The number of benzene rings is 1. The lowest BCUT2D eigenvalue weighted by Gasteiger charge is -2.04. The molecule has 7 nitrogen and oxygen atoms in total. The molecule has 21 heavy (non-hydrogen) atoms. The van der Waals surface area contributed by atoms with Crippen LogP contribution in [0, 0.1) is 10.1 Å². The quantitative estimate of drug-likeness (QED) is 0.345. The van der Waals surface area contributed by atoms with Crippen molar-refractivity contribution >= 4 is 33.9 Å². The molecule has 112 valence electrons. The van der Waals surface area contributed by atoms with E-state index in [2.05, 4.69) is 15.5 Å². The molecule has 2 aromatic rings. The predicted octanol–water partition coefficient (Wildman–Crippen LogP) is 3.05. The van der Waals surface area contributed by atoms with Crippen molar-refractivity contribution in [2.75, 3.05) is 24.2 Å². The zero-order valence-electron chi connectivity index (χ0n) is 11.3. The summed E-state index contributed by atoms with van der Waals surface area (Å²) in [6, 6.07) is 6.16. The van der Waals surface area contributed by atoms with Gasteiger partial charge in [-0.3, -0.25) is 10.1 Å². The zero-order valence-corrected chi connectivity index (χ0v) is 12.9. The number of non-ortho nitro benzene ring substituents is 1. The highest BCUT2D eigenvalue weighted by atomic mass is 32.2. The SMILES string of the molecule is CCNc1nnc(SCCOc2cccc([N+](=O)[O-])c2)s1. The van der Waals surface area contributed by atoms with Crippen LogP contribution in [0.2, 0.25) is 0 Å². The van der Waals surface area contributed by atoms with Gasteiger partial charge in [-0.25, -0.2) is 0 Å². The number of thioether (sulfide) groups is 1. The Labute approximate surface area is 129 Å². The summed E-state index contributed by atoms with van der Waals surface area (Å²) in [4.78, 5) is 10.2. The molecule has 0 radical (unpaired) electrons. The molecule has 0 bridgehead atoms. The lowest BCUT2D eigenvalue weighted by molar-refractivity contribution is -0.384. The maximum absolute atomic E-state index is 10.6. The van der Waals surface area contributed by atoms with Crippen LogP contribution in [0.1, 0.15) is 6.92 Å². The first-order valence-electron chi connectivity index (χ1n) is 6.26. The molecule has 0 saturated heterocycles.